The molecule has 0 radical (unpaired) electrons. The predicted molar refractivity (Wildman–Crippen MR) is 54.3 cm³/mol. The van der Waals surface area contributed by atoms with Gasteiger partial charge in [0.25, 0.3) is 10.1 Å². The molecule has 0 saturated heterocycles. The van der Waals surface area contributed by atoms with Crippen LogP contribution in [-0.4, -0.2) is 50.7 Å². The van der Waals surface area contributed by atoms with Crippen molar-refractivity contribution in [1.82, 2.24) is 0 Å². The van der Waals surface area contributed by atoms with Gasteiger partial charge in [-0.05, 0) is 31.0 Å². The second-order valence-corrected chi connectivity index (χ2v) is 4.06. The average molecular weight is 228 g/mol. The van der Waals surface area contributed by atoms with Crippen LogP contribution in [0.5, 0.6) is 0 Å². The van der Waals surface area contributed by atoms with Crippen LogP contribution in [0.3, 0.4) is 0 Å². The number of aryl methyl sites for hydroxylation is 1. The molecule has 0 spiro atoms. The van der Waals surface area contributed by atoms with Gasteiger partial charge >= 0.3 is 37.7 Å². The zero-order valence-corrected chi connectivity index (χ0v) is 7.72. The third-order valence-electron chi connectivity index (χ3n) is 1.83. The third-order valence-corrected chi connectivity index (χ3v) is 2.83. The Hall–Kier alpha value is 0.390. The van der Waals surface area contributed by atoms with E-state index in [2.05, 4.69) is 0 Å². The number of hydrogen-bond acceptors (Lipinski definition) is 2. The fraction of sp³-hybridized carbons (Fsp3) is 0.250. The Labute approximate surface area is 108 Å². The predicted octanol–water partition coefficient (Wildman–Crippen LogP) is 0.634. The first-order valence-corrected chi connectivity index (χ1v) is 4.90. The van der Waals surface area contributed by atoms with E-state index in [4.69, 9.17) is 4.55 Å². The van der Waals surface area contributed by atoms with Gasteiger partial charge in [-0.15, -0.1) is 0 Å². The van der Waals surface area contributed by atoms with E-state index in [9.17, 15) is 8.42 Å². The maximum atomic E-state index is 10.8. The molecule has 0 bridgehead atoms. The quantitative estimate of drug-likeness (QED) is 0.567. The normalized spacial score (nSPS) is 10.7. The summed E-state index contributed by atoms with van der Waals surface area (Å²) < 4.78 is 30.3. The Kier molecular flexibility index (Phi) is 4.90. The molecule has 3 nitrogen and oxygen atoms in total. The zero-order valence-electron chi connectivity index (χ0n) is 6.90. The van der Waals surface area contributed by atoms with Crippen molar-refractivity contribution in [3.05, 3.63) is 29.3 Å². The molecule has 0 aliphatic heterocycles. The van der Waals surface area contributed by atoms with Crippen molar-refractivity contribution in [3.63, 3.8) is 0 Å². The summed E-state index contributed by atoms with van der Waals surface area (Å²) in [6.45, 7) is 3.46. The van der Waals surface area contributed by atoms with Crippen molar-refractivity contribution in [2.75, 3.05) is 0 Å². The molecule has 1 rings (SSSR count). The Morgan fingerprint density at radius 3 is 2.15 bits per heavy atom. The van der Waals surface area contributed by atoms with Gasteiger partial charge in [0, 0.05) is 0 Å². The summed E-state index contributed by atoms with van der Waals surface area (Å²) in [5.41, 5.74) is 1.45. The molecule has 0 aromatic heterocycles. The van der Waals surface area contributed by atoms with Gasteiger partial charge in [-0.25, -0.2) is 0 Å². The van der Waals surface area contributed by atoms with Gasteiger partial charge in [0.05, 0.1) is 4.90 Å². The first-order chi connectivity index (χ1) is 5.43. The third kappa shape index (κ3) is 3.22. The van der Waals surface area contributed by atoms with E-state index in [0.717, 1.165) is 5.56 Å². The van der Waals surface area contributed by atoms with E-state index >= 15 is 0 Å². The fourth-order valence-electron chi connectivity index (χ4n) is 1.00. The summed E-state index contributed by atoms with van der Waals surface area (Å²) in [4.78, 5) is -0.0116. The van der Waals surface area contributed by atoms with Crippen LogP contribution in [0.4, 0.5) is 0 Å². The molecule has 0 aliphatic rings. The second-order valence-electron chi connectivity index (χ2n) is 2.67. The molecule has 0 aliphatic carbocycles. The first-order valence-electron chi connectivity index (χ1n) is 3.46. The monoisotopic (exact) mass is 228 g/mol. The van der Waals surface area contributed by atoms with Gasteiger partial charge in [0.15, 0.2) is 0 Å². The van der Waals surface area contributed by atoms with Crippen LogP contribution in [0.2, 0.25) is 0 Å². The summed E-state index contributed by atoms with van der Waals surface area (Å²) >= 11 is 0. The minimum atomic E-state index is -4.06. The van der Waals surface area contributed by atoms with Crippen molar-refractivity contribution in [3.8, 4) is 0 Å². The van der Waals surface area contributed by atoms with Crippen LogP contribution in [0.25, 0.3) is 0 Å². The van der Waals surface area contributed by atoms with Crippen molar-refractivity contribution >= 4 is 47.9 Å². The van der Waals surface area contributed by atoms with Gasteiger partial charge in [-0.2, -0.15) is 8.42 Å². The van der Waals surface area contributed by atoms with E-state index in [1.54, 1.807) is 26.0 Å². The van der Waals surface area contributed by atoms with Gasteiger partial charge in [-0.1, -0.05) is 12.1 Å². The summed E-state index contributed by atoms with van der Waals surface area (Å²) in [5, 5.41) is 0. The molecule has 1 aromatic carbocycles. The molecule has 0 heterocycles. The van der Waals surface area contributed by atoms with Crippen LogP contribution < -0.4 is 0 Å². The van der Waals surface area contributed by atoms with E-state index in [1.807, 2.05) is 0 Å². The Bertz CT molecular complexity index is 398. The van der Waals surface area contributed by atoms with Gasteiger partial charge in [-0.3, -0.25) is 4.55 Å². The van der Waals surface area contributed by atoms with Gasteiger partial charge in [0.1, 0.15) is 0 Å². The molecule has 0 fully saturated rings. The standard InChI is InChI=1S/C8H10O3S.Ca.2H/c1-6-4-3-5-8(7(6)2)12(9,10)11;;;/h3-5H,1-2H3,(H,9,10,11);;;. The van der Waals surface area contributed by atoms with Crippen molar-refractivity contribution < 1.29 is 13.0 Å². The number of benzene rings is 1. The zero-order chi connectivity index (χ0) is 9.35. The van der Waals surface area contributed by atoms with Crippen LogP contribution in [0.15, 0.2) is 23.1 Å². The Balaban J connectivity index is 0.00000144. The fourth-order valence-corrected chi connectivity index (χ4v) is 1.80. The van der Waals surface area contributed by atoms with Crippen LogP contribution in [-0.2, 0) is 10.1 Å². The summed E-state index contributed by atoms with van der Waals surface area (Å²) in [7, 11) is -4.06. The van der Waals surface area contributed by atoms with Crippen molar-refractivity contribution in [1.29, 1.82) is 0 Å². The van der Waals surface area contributed by atoms with Crippen LogP contribution in [0, 0.1) is 13.8 Å². The second kappa shape index (κ2) is 4.75. The summed E-state index contributed by atoms with van der Waals surface area (Å²) in [6.07, 6.45) is 0. The average Bonchev–Trinajstić information content (AvgIpc) is 1.92. The number of rotatable bonds is 1. The van der Waals surface area contributed by atoms with Crippen LogP contribution >= 0.6 is 0 Å². The molecule has 0 amide bonds. The Morgan fingerprint density at radius 2 is 1.77 bits per heavy atom. The molecular formula is C8H12CaO3S. The molecule has 0 atom stereocenters. The van der Waals surface area contributed by atoms with Crippen molar-refractivity contribution in [2.45, 2.75) is 18.7 Å². The molecule has 0 saturated carbocycles. The van der Waals surface area contributed by atoms with Gasteiger partial charge in [0.2, 0.25) is 0 Å². The first kappa shape index (κ1) is 13.4. The topological polar surface area (TPSA) is 54.4 Å². The van der Waals surface area contributed by atoms with E-state index < -0.39 is 10.1 Å². The molecule has 1 N–H and O–H groups in total. The SMILES string of the molecule is Cc1cccc(S(=O)(=O)O)c1C.[CaH2]. The van der Waals surface area contributed by atoms with E-state index in [0.29, 0.717) is 5.56 Å². The molecule has 70 valence electrons. The maximum absolute atomic E-state index is 10.8. The molecule has 1 aromatic rings. The van der Waals surface area contributed by atoms with E-state index in [-0.39, 0.29) is 42.6 Å². The number of hydrogen-bond donors (Lipinski definition) is 1. The molecule has 5 heteroatoms. The van der Waals surface area contributed by atoms with Gasteiger partial charge < -0.3 is 0 Å². The van der Waals surface area contributed by atoms with Crippen molar-refractivity contribution in [2.24, 2.45) is 0 Å². The summed E-state index contributed by atoms with van der Waals surface area (Å²) in [6, 6.07) is 4.78. The Morgan fingerprint density at radius 1 is 1.23 bits per heavy atom. The molecule has 13 heavy (non-hydrogen) atoms. The minimum absolute atomic E-state index is 0. The molecule has 0 unspecified atom stereocenters. The molecular weight excluding hydrogens is 216 g/mol. The summed E-state index contributed by atoms with van der Waals surface area (Å²) in [5.74, 6) is 0. The van der Waals surface area contributed by atoms with Crippen LogP contribution in [0.1, 0.15) is 11.1 Å². The van der Waals surface area contributed by atoms with E-state index in [1.165, 1.54) is 6.07 Å².